The number of carbonyl (C=O) groups is 1. The molecule has 0 aliphatic heterocycles. The van der Waals surface area contributed by atoms with Crippen molar-refractivity contribution in [3.63, 3.8) is 0 Å². The molecular weight excluding hydrogens is 380 g/mol. The Morgan fingerprint density at radius 2 is 1.93 bits per heavy atom. The molecule has 0 unspecified atom stereocenters. The van der Waals surface area contributed by atoms with Gasteiger partial charge in [0.05, 0.1) is 16.4 Å². The maximum atomic E-state index is 12.4. The van der Waals surface area contributed by atoms with Gasteiger partial charge in [-0.25, -0.2) is 0 Å². The van der Waals surface area contributed by atoms with Crippen LogP contribution >= 0.6 is 11.8 Å². The zero-order chi connectivity index (χ0) is 19.5. The van der Waals surface area contributed by atoms with Crippen LogP contribution in [0.5, 0.6) is 0 Å². The van der Waals surface area contributed by atoms with Gasteiger partial charge >= 0.3 is 0 Å². The second-order valence-electron chi connectivity index (χ2n) is 5.73. The van der Waals surface area contributed by atoms with Crippen LogP contribution in [-0.4, -0.2) is 41.3 Å². The molecule has 0 saturated heterocycles. The van der Waals surface area contributed by atoms with E-state index in [0.29, 0.717) is 10.8 Å². The van der Waals surface area contributed by atoms with Crippen LogP contribution < -0.4 is 0 Å². The highest BCUT2D eigenvalue weighted by Gasteiger charge is 2.15. The molecule has 28 heavy (non-hydrogen) atoms. The second-order valence-corrected chi connectivity index (χ2v) is 6.67. The van der Waals surface area contributed by atoms with E-state index in [1.54, 1.807) is 29.0 Å². The second kappa shape index (κ2) is 7.53. The summed E-state index contributed by atoms with van der Waals surface area (Å²) in [6, 6.07) is 13.0. The minimum atomic E-state index is -0.527. The number of benzene rings is 1. The van der Waals surface area contributed by atoms with Gasteiger partial charge < -0.3 is 0 Å². The molecule has 0 fully saturated rings. The number of nitrogens with zero attached hydrogens (tertiary/aromatic N) is 6. The molecule has 4 rings (SSSR count). The molecule has 9 nitrogen and oxygen atoms in total. The standard InChI is InChI=1S/C18H12N6O3S/c25-16(13-2-1-3-14(10-13)24(26)27)11-28-18-21-20-17-5-4-15(22-23(17)18)12-6-8-19-9-7-12/h1-10H,11H2. The highest BCUT2D eigenvalue weighted by Crippen LogP contribution is 2.22. The van der Waals surface area contributed by atoms with Crippen LogP contribution in [0.2, 0.25) is 0 Å². The van der Waals surface area contributed by atoms with Crippen molar-refractivity contribution >= 4 is 28.9 Å². The third-order valence-corrected chi connectivity index (χ3v) is 4.84. The first-order valence-electron chi connectivity index (χ1n) is 8.15. The molecule has 0 amide bonds. The van der Waals surface area contributed by atoms with Crippen LogP contribution in [0.1, 0.15) is 10.4 Å². The molecule has 138 valence electrons. The van der Waals surface area contributed by atoms with Crippen molar-refractivity contribution in [2.45, 2.75) is 5.16 Å². The van der Waals surface area contributed by atoms with Gasteiger partial charge in [0.2, 0.25) is 5.16 Å². The quantitative estimate of drug-likeness (QED) is 0.213. The summed E-state index contributed by atoms with van der Waals surface area (Å²) < 4.78 is 1.57. The lowest BCUT2D eigenvalue weighted by molar-refractivity contribution is -0.384. The molecule has 0 aliphatic carbocycles. The molecule has 4 aromatic rings. The minimum absolute atomic E-state index is 0.0587. The van der Waals surface area contributed by atoms with Crippen LogP contribution in [0.3, 0.4) is 0 Å². The Kier molecular flexibility index (Phi) is 4.77. The summed E-state index contributed by atoms with van der Waals surface area (Å²) in [6.45, 7) is 0. The highest BCUT2D eigenvalue weighted by molar-refractivity contribution is 7.99. The van der Waals surface area contributed by atoms with Gasteiger partial charge in [0, 0.05) is 35.7 Å². The van der Waals surface area contributed by atoms with Gasteiger partial charge in [-0.2, -0.15) is 9.61 Å². The molecule has 0 radical (unpaired) electrons. The van der Waals surface area contributed by atoms with Crippen LogP contribution in [-0.2, 0) is 0 Å². The maximum absolute atomic E-state index is 12.4. The fourth-order valence-electron chi connectivity index (χ4n) is 2.54. The van der Waals surface area contributed by atoms with Crippen molar-refractivity contribution < 1.29 is 9.72 Å². The normalized spacial score (nSPS) is 10.9. The van der Waals surface area contributed by atoms with E-state index in [0.717, 1.165) is 11.3 Å². The van der Waals surface area contributed by atoms with Gasteiger partial charge in [0.15, 0.2) is 11.4 Å². The monoisotopic (exact) mass is 392 g/mol. The van der Waals surface area contributed by atoms with Crippen molar-refractivity contribution in [2.24, 2.45) is 0 Å². The highest BCUT2D eigenvalue weighted by atomic mass is 32.2. The van der Waals surface area contributed by atoms with E-state index < -0.39 is 4.92 Å². The molecule has 0 bridgehead atoms. The molecule has 0 spiro atoms. The zero-order valence-electron chi connectivity index (χ0n) is 14.3. The van der Waals surface area contributed by atoms with E-state index in [9.17, 15) is 14.9 Å². The van der Waals surface area contributed by atoms with E-state index in [4.69, 9.17) is 0 Å². The van der Waals surface area contributed by atoms with Gasteiger partial charge in [-0.05, 0) is 24.3 Å². The number of fused-ring (bicyclic) bond motifs is 1. The van der Waals surface area contributed by atoms with Gasteiger partial charge in [0.1, 0.15) is 0 Å². The summed E-state index contributed by atoms with van der Waals surface area (Å²) in [7, 11) is 0. The number of aromatic nitrogens is 5. The van der Waals surface area contributed by atoms with Crippen molar-refractivity contribution in [2.75, 3.05) is 5.75 Å². The average molecular weight is 392 g/mol. The van der Waals surface area contributed by atoms with Gasteiger partial charge in [-0.3, -0.25) is 19.9 Å². The van der Waals surface area contributed by atoms with Gasteiger partial charge in [-0.1, -0.05) is 23.9 Å². The van der Waals surface area contributed by atoms with E-state index >= 15 is 0 Å². The largest absolute Gasteiger partial charge is 0.293 e. The van der Waals surface area contributed by atoms with Crippen molar-refractivity contribution in [3.05, 3.63) is 76.6 Å². The number of thioether (sulfide) groups is 1. The van der Waals surface area contributed by atoms with E-state index in [2.05, 4.69) is 20.3 Å². The Morgan fingerprint density at radius 1 is 1.11 bits per heavy atom. The van der Waals surface area contributed by atoms with E-state index in [-0.39, 0.29) is 22.8 Å². The molecule has 3 heterocycles. The van der Waals surface area contributed by atoms with Crippen LogP contribution in [0.4, 0.5) is 5.69 Å². The minimum Gasteiger partial charge on any atom is -0.293 e. The maximum Gasteiger partial charge on any atom is 0.270 e. The number of pyridine rings is 1. The molecule has 0 saturated carbocycles. The first-order chi connectivity index (χ1) is 13.6. The predicted octanol–water partition coefficient (Wildman–Crippen LogP) is 3.07. The number of non-ortho nitro benzene ring substituents is 1. The molecule has 3 aromatic heterocycles. The number of ketones is 1. The molecule has 0 N–H and O–H groups in total. The summed E-state index contributed by atoms with van der Waals surface area (Å²) in [5.41, 5.74) is 2.34. The number of hydrogen-bond acceptors (Lipinski definition) is 8. The van der Waals surface area contributed by atoms with Crippen molar-refractivity contribution in [1.82, 2.24) is 24.8 Å². The van der Waals surface area contributed by atoms with Gasteiger partial charge in [-0.15, -0.1) is 10.2 Å². The smallest absolute Gasteiger partial charge is 0.270 e. The molecule has 10 heteroatoms. The molecule has 0 atom stereocenters. The molecule has 1 aromatic carbocycles. The number of rotatable bonds is 6. The predicted molar refractivity (Wildman–Crippen MR) is 102 cm³/mol. The number of Topliss-reactive ketones (excluding diaryl/α,β-unsaturated/α-hetero) is 1. The van der Waals surface area contributed by atoms with Crippen molar-refractivity contribution in [1.29, 1.82) is 0 Å². The molecular formula is C18H12N6O3S. The Balaban J connectivity index is 1.56. The SMILES string of the molecule is O=C(CSc1nnc2ccc(-c3ccncc3)nn12)c1cccc([N+](=O)[O-])c1. The summed E-state index contributed by atoms with van der Waals surface area (Å²) in [4.78, 5) is 26.7. The average Bonchev–Trinajstić information content (AvgIpc) is 3.15. The summed E-state index contributed by atoms with van der Waals surface area (Å²) in [5, 5.41) is 24.0. The van der Waals surface area contributed by atoms with Crippen molar-refractivity contribution in [3.8, 4) is 11.3 Å². The van der Waals surface area contributed by atoms with Crippen LogP contribution in [0.15, 0.2) is 66.1 Å². The van der Waals surface area contributed by atoms with E-state index in [1.807, 2.05) is 18.2 Å². The first kappa shape index (κ1) is 17.7. The fraction of sp³-hybridized carbons (Fsp3) is 0.0556. The van der Waals surface area contributed by atoms with Gasteiger partial charge in [0.25, 0.3) is 5.69 Å². The summed E-state index contributed by atoms with van der Waals surface area (Å²) in [5.74, 6) is -0.181. The Morgan fingerprint density at radius 3 is 2.71 bits per heavy atom. The van der Waals surface area contributed by atoms with E-state index in [1.165, 1.54) is 30.0 Å². The first-order valence-corrected chi connectivity index (χ1v) is 9.14. The number of nitro groups is 1. The summed E-state index contributed by atoms with van der Waals surface area (Å²) >= 11 is 1.17. The third kappa shape index (κ3) is 3.58. The zero-order valence-corrected chi connectivity index (χ0v) is 15.1. The number of carbonyl (C=O) groups excluding carboxylic acids is 1. The lowest BCUT2D eigenvalue weighted by Gasteiger charge is -2.03. The third-order valence-electron chi connectivity index (χ3n) is 3.92. The summed E-state index contributed by atoms with van der Waals surface area (Å²) in [6.07, 6.45) is 3.36. The topological polar surface area (TPSA) is 116 Å². The van der Waals surface area contributed by atoms with Crippen LogP contribution in [0, 0.1) is 10.1 Å². The Hall–Kier alpha value is -3.66. The lowest BCUT2D eigenvalue weighted by Crippen LogP contribution is -2.04. The lowest BCUT2D eigenvalue weighted by atomic mass is 10.1. The Labute approximate surface area is 162 Å². The Bertz CT molecular complexity index is 1180. The number of nitro benzene ring substituents is 1. The fourth-order valence-corrected chi connectivity index (χ4v) is 3.32. The number of hydrogen-bond donors (Lipinski definition) is 0. The molecule has 0 aliphatic rings. The van der Waals surface area contributed by atoms with Crippen LogP contribution in [0.25, 0.3) is 16.9 Å².